The van der Waals surface area contributed by atoms with Crippen LogP contribution in [0.3, 0.4) is 0 Å². The van der Waals surface area contributed by atoms with E-state index in [0.29, 0.717) is 30.0 Å². The maximum atomic E-state index is 12.6. The molecule has 10 nitrogen and oxygen atoms in total. The van der Waals surface area contributed by atoms with Crippen molar-refractivity contribution in [2.45, 2.75) is 13.0 Å². The first-order valence-corrected chi connectivity index (χ1v) is 9.48. The first-order chi connectivity index (χ1) is 15.0. The maximum Gasteiger partial charge on any atom is 0.327 e. The number of phenolic OH excluding ortho intramolecular Hbond substituents is 1. The second-order valence-electron chi connectivity index (χ2n) is 7.03. The summed E-state index contributed by atoms with van der Waals surface area (Å²) in [5, 5.41) is 9.77. The molecule has 1 aliphatic rings. The Morgan fingerprint density at radius 2 is 2.00 bits per heavy atom. The number of phenols is 1. The summed E-state index contributed by atoms with van der Waals surface area (Å²) in [6.07, 6.45) is 0.515. The summed E-state index contributed by atoms with van der Waals surface area (Å²) in [5.41, 5.74) is 6.84. The number of hydrogen-bond acceptors (Lipinski definition) is 7. The minimum absolute atomic E-state index is 0.0242. The van der Waals surface area contributed by atoms with Crippen LogP contribution >= 0.6 is 0 Å². The zero-order chi connectivity index (χ0) is 21.5. The van der Waals surface area contributed by atoms with Crippen LogP contribution in [0.1, 0.15) is 16.1 Å². The van der Waals surface area contributed by atoms with Crippen molar-refractivity contribution in [2.24, 2.45) is 5.73 Å². The number of benzene rings is 2. The summed E-state index contributed by atoms with van der Waals surface area (Å²) >= 11 is 0. The standard InChI is InChI=1S/C21H17N5O5/c22-18(28)16-17-20(25-19(23-16)12-2-1-3-13(27)9-12)26(21(29)24-17)7-6-11-4-5-14-15(8-11)31-10-30-14/h1-5,8-9,27H,6-7,10H2,(H2,22,28)(H,24,29). The highest BCUT2D eigenvalue weighted by Crippen LogP contribution is 2.32. The lowest BCUT2D eigenvalue weighted by Gasteiger charge is -2.07. The van der Waals surface area contributed by atoms with Crippen LogP contribution in [0.4, 0.5) is 0 Å². The molecule has 2 aromatic carbocycles. The zero-order valence-corrected chi connectivity index (χ0v) is 16.2. The number of carbonyl (C=O) groups excluding carboxylic acids is 1. The molecule has 0 saturated carbocycles. The molecule has 0 atom stereocenters. The first-order valence-electron chi connectivity index (χ1n) is 9.48. The maximum absolute atomic E-state index is 12.6. The van der Waals surface area contributed by atoms with Crippen molar-refractivity contribution in [1.82, 2.24) is 19.5 Å². The fourth-order valence-corrected chi connectivity index (χ4v) is 3.53. The number of carbonyl (C=O) groups is 1. The Kier molecular flexibility index (Phi) is 4.32. The quantitative estimate of drug-likeness (QED) is 0.445. The van der Waals surface area contributed by atoms with Gasteiger partial charge in [0.15, 0.2) is 28.7 Å². The predicted octanol–water partition coefficient (Wildman–Crippen LogP) is 1.56. The van der Waals surface area contributed by atoms with Crippen molar-refractivity contribution in [2.75, 3.05) is 6.79 Å². The van der Waals surface area contributed by atoms with Gasteiger partial charge in [0.25, 0.3) is 5.91 Å². The summed E-state index contributed by atoms with van der Waals surface area (Å²) in [7, 11) is 0. The number of primary amides is 1. The second-order valence-corrected chi connectivity index (χ2v) is 7.03. The highest BCUT2D eigenvalue weighted by Gasteiger charge is 2.20. The molecule has 1 amide bonds. The molecule has 0 bridgehead atoms. The fourth-order valence-electron chi connectivity index (χ4n) is 3.53. The molecular formula is C21H17N5O5. The number of rotatable bonds is 5. The molecule has 4 aromatic rings. The van der Waals surface area contributed by atoms with E-state index in [1.54, 1.807) is 12.1 Å². The van der Waals surface area contributed by atoms with Crippen molar-refractivity contribution in [3.05, 3.63) is 64.2 Å². The topological polar surface area (TPSA) is 145 Å². The Morgan fingerprint density at radius 1 is 1.16 bits per heavy atom. The van der Waals surface area contributed by atoms with Gasteiger partial charge in [0.2, 0.25) is 6.79 Å². The SMILES string of the molecule is NC(=O)c1nc(-c2cccc(O)c2)nc2c1[nH]c(=O)n2CCc1ccc2c(c1)OCO2. The lowest BCUT2D eigenvalue weighted by Crippen LogP contribution is -2.18. The fraction of sp³-hybridized carbons (Fsp3) is 0.143. The molecule has 0 radical (unpaired) electrons. The van der Waals surface area contributed by atoms with E-state index in [-0.39, 0.29) is 35.2 Å². The monoisotopic (exact) mass is 419 g/mol. The normalized spacial score (nSPS) is 12.4. The molecule has 5 rings (SSSR count). The van der Waals surface area contributed by atoms with Crippen LogP contribution in [0, 0.1) is 0 Å². The molecule has 3 heterocycles. The van der Waals surface area contributed by atoms with Gasteiger partial charge < -0.3 is 25.3 Å². The number of fused-ring (bicyclic) bond motifs is 2. The molecule has 0 unspecified atom stereocenters. The minimum Gasteiger partial charge on any atom is -0.508 e. The predicted molar refractivity (Wildman–Crippen MR) is 110 cm³/mol. The van der Waals surface area contributed by atoms with E-state index in [1.165, 1.54) is 16.7 Å². The van der Waals surface area contributed by atoms with E-state index in [9.17, 15) is 14.7 Å². The lowest BCUT2D eigenvalue weighted by molar-refractivity contribution is 0.0997. The molecule has 4 N–H and O–H groups in total. The number of nitrogens with one attached hydrogen (secondary N) is 1. The van der Waals surface area contributed by atoms with Crippen molar-refractivity contribution in [3.63, 3.8) is 0 Å². The van der Waals surface area contributed by atoms with E-state index in [4.69, 9.17) is 15.2 Å². The van der Waals surface area contributed by atoms with Crippen LogP contribution in [-0.4, -0.2) is 37.3 Å². The smallest absolute Gasteiger partial charge is 0.327 e. The number of H-pyrrole nitrogens is 1. The van der Waals surface area contributed by atoms with Crippen LogP contribution in [0.5, 0.6) is 17.2 Å². The Labute approximate surface area is 174 Å². The molecule has 156 valence electrons. The zero-order valence-electron chi connectivity index (χ0n) is 16.2. The molecule has 0 saturated heterocycles. The molecule has 10 heteroatoms. The van der Waals surface area contributed by atoms with E-state index in [1.807, 2.05) is 18.2 Å². The van der Waals surface area contributed by atoms with Gasteiger partial charge >= 0.3 is 5.69 Å². The summed E-state index contributed by atoms with van der Waals surface area (Å²) in [4.78, 5) is 35.9. The Morgan fingerprint density at radius 3 is 2.81 bits per heavy atom. The number of aromatic hydroxyl groups is 1. The van der Waals surface area contributed by atoms with Crippen LogP contribution in [-0.2, 0) is 13.0 Å². The number of nitrogens with zero attached hydrogens (tertiary/aromatic N) is 3. The number of ether oxygens (including phenoxy) is 2. The van der Waals surface area contributed by atoms with Crippen LogP contribution in [0.2, 0.25) is 0 Å². The number of nitrogens with two attached hydrogens (primary N) is 1. The molecule has 1 aliphatic heterocycles. The van der Waals surface area contributed by atoms with Crippen LogP contribution < -0.4 is 20.9 Å². The molecule has 2 aromatic heterocycles. The van der Waals surface area contributed by atoms with Crippen LogP contribution in [0.25, 0.3) is 22.6 Å². The van der Waals surface area contributed by atoms with Gasteiger partial charge in [-0.15, -0.1) is 0 Å². The number of amides is 1. The van der Waals surface area contributed by atoms with Gasteiger partial charge in [0, 0.05) is 12.1 Å². The Bertz CT molecular complexity index is 1390. The average Bonchev–Trinajstić information content (AvgIpc) is 3.34. The van der Waals surface area contributed by atoms with E-state index in [0.717, 1.165) is 5.56 Å². The lowest BCUT2D eigenvalue weighted by atomic mass is 10.1. The molecule has 0 fully saturated rings. The van der Waals surface area contributed by atoms with Gasteiger partial charge in [-0.1, -0.05) is 18.2 Å². The van der Waals surface area contributed by atoms with Crippen molar-refractivity contribution in [3.8, 4) is 28.6 Å². The molecule has 31 heavy (non-hydrogen) atoms. The molecule has 0 spiro atoms. The summed E-state index contributed by atoms with van der Waals surface area (Å²) in [6.45, 7) is 0.485. The van der Waals surface area contributed by atoms with Gasteiger partial charge in [-0.05, 0) is 36.2 Å². The Balaban J connectivity index is 1.57. The second kappa shape index (κ2) is 7.17. The summed E-state index contributed by atoms with van der Waals surface area (Å²) < 4.78 is 12.1. The molecule has 0 aliphatic carbocycles. The third-order valence-corrected chi connectivity index (χ3v) is 5.02. The number of aromatic amines is 1. The number of aromatic nitrogens is 4. The van der Waals surface area contributed by atoms with Gasteiger partial charge in [0.05, 0.1) is 0 Å². The van der Waals surface area contributed by atoms with Gasteiger partial charge in [-0.2, -0.15) is 0 Å². The van der Waals surface area contributed by atoms with Gasteiger partial charge in [-0.3, -0.25) is 9.36 Å². The van der Waals surface area contributed by atoms with Gasteiger partial charge in [-0.25, -0.2) is 14.8 Å². The highest BCUT2D eigenvalue weighted by molar-refractivity contribution is 6.01. The minimum atomic E-state index is -0.794. The largest absolute Gasteiger partial charge is 0.508 e. The van der Waals surface area contributed by atoms with Crippen molar-refractivity contribution in [1.29, 1.82) is 0 Å². The Hall–Kier alpha value is -4.34. The first kappa shape index (κ1) is 18.7. The van der Waals surface area contributed by atoms with E-state index < -0.39 is 11.6 Å². The van der Waals surface area contributed by atoms with Crippen molar-refractivity contribution < 1.29 is 19.4 Å². The summed E-state index contributed by atoms with van der Waals surface area (Å²) in [6, 6.07) is 11.9. The van der Waals surface area contributed by atoms with Crippen molar-refractivity contribution >= 4 is 17.1 Å². The summed E-state index contributed by atoms with van der Waals surface area (Å²) in [5.74, 6) is 0.748. The average molecular weight is 419 g/mol. The van der Waals surface area contributed by atoms with Crippen LogP contribution in [0.15, 0.2) is 47.3 Å². The third-order valence-electron chi connectivity index (χ3n) is 5.02. The van der Waals surface area contributed by atoms with E-state index in [2.05, 4.69) is 15.0 Å². The van der Waals surface area contributed by atoms with E-state index >= 15 is 0 Å². The molecular weight excluding hydrogens is 402 g/mol. The van der Waals surface area contributed by atoms with Gasteiger partial charge in [0.1, 0.15) is 11.3 Å². The third kappa shape index (κ3) is 3.33. The highest BCUT2D eigenvalue weighted by atomic mass is 16.7. The number of aryl methyl sites for hydroxylation is 2. The number of imidazole rings is 1. The number of hydrogen-bond donors (Lipinski definition) is 3.